The van der Waals surface area contributed by atoms with Crippen LogP contribution in [0.2, 0.25) is 0 Å². The molecule has 4 aromatic rings. The van der Waals surface area contributed by atoms with Gasteiger partial charge >= 0.3 is 0 Å². The summed E-state index contributed by atoms with van der Waals surface area (Å²) in [6.07, 6.45) is 4.59. The van der Waals surface area contributed by atoms with Crippen LogP contribution < -0.4 is 21.5 Å². The molecule has 0 radical (unpaired) electrons. The van der Waals surface area contributed by atoms with Gasteiger partial charge in [-0.3, -0.25) is 4.79 Å². The van der Waals surface area contributed by atoms with Crippen LogP contribution in [0.4, 0.5) is 5.82 Å². The van der Waals surface area contributed by atoms with Crippen LogP contribution in [-0.4, -0.2) is 143 Å². The number of H-pyrrole nitrogens is 1. The number of nitrogens with one attached hydrogen (secondary N) is 2. The Morgan fingerprint density at radius 2 is 1.41 bits per heavy atom. The average molecular weight is 757 g/mol. The number of fused-ring (bicyclic) bond motifs is 2. The van der Waals surface area contributed by atoms with Gasteiger partial charge in [0, 0.05) is 30.3 Å². The molecule has 3 heterocycles. The van der Waals surface area contributed by atoms with Gasteiger partial charge in [0.05, 0.1) is 111 Å². The van der Waals surface area contributed by atoms with E-state index >= 15 is 0 Å². The maximum atomic E-state index is 12.9. The van der Waals surface area contributed by atoms with Gasteiger partial charge in [0.1, 0.15) is 29.1 Å². The number of imidazole rings is 1. The van der Waals surface area contributed by atoms with Crippen LogP contribution in [0.15, 0.2) is 30.6 Å². The summed E-state index contributed by atoms with van der Waals surface area (Å²) in [6, 6.07) is 7.92. The summed E-state index contributed by atoms with van der Waals surface area (Å²) in [7, 11) is 1.65. The molecule has 0 spiro atoms. The van der Waals surface area contributed by atoms with E-state index in [0.717, 1.165) is 53.9 Å². The Labute approximate surface area is 315 Å². The van der Waals surface area contributed by atoms with Crippen molar-refractivity contribution in [2.24, 2.45) is 11.7 Å². The molecule has 0 aliphatic heterocycles. The summed E-state index contributed by atoms with van der Waals surface area (Å²) in [5.41, 5.74) is 14.8. The third-order valence-corrected chi connectivity index (χ3v) is 9.08. The molecule has 0 atom stereocenters. The first kappa shape index (κ1) is 41.2. The van der Waals surface area contributed by atoms with Crippen LogP contribution >= 0.6 is 0 Å². The summed E-state index contributed by atoms with van der Waals surface area (Å²) >= 11 is 0. The third kappa shape index (κ3) is 12.3. The fraction of sp³-hybridized carbons (Fsp3) is 0.622. The highest BCUT2D eigenvalue weighted by atomic mass is 16.6. The molecule has 1 aromatic carbocycles. The number of carbonyl (C=O) groups is 1. The van der Waals surface area contributed by atoms with Gasteiger partial charge in [0.15, 0.2) is 5.82 Å². The summed E-state index contributed by atoms with van der Waals surface area (Å²) in [5, 5.41) is 8.55. The van der Waals surface area contributed by atoms with Crippen molar-refractivity contribution in [3.8, 4) is 17.1 Å². The minimum atomic E-state index is -0.0574. The second kappa shape index (κ2) is 23.1. The lowest BCUT2D eigenvalue weighted by Crippen LogP contribution is -2.35. The molecule has 1 aliphatic rings. The highest BCUT2D eigenvalue weighted by Gasteiger charge is 2.31. The van der Waals surface area contributed by atoms with Crippen molar-refractivity contribution in [2.45, 2.75) is 31.6 Å². The van der Waals surface area contributed by atoms with Gasteiger partial charge < -0.3 is 59.7 Å². The fourth-order valence-electron chi connectivity index (χ4n) is 6.36. The van der Waals surface area contributed by atoms with Gasteiger partial charge in [-0.25, -0.2) is 14.5 Å². The summed E-state index contributed by atoms with van der Waals surface area (Å²) in [4.78, 5) is 25.7. The van der Waals surface area contributed by atoms with Gasteiger partial charge in [0.2, 0.25) is 5.91 Å². The van der Waals surface area contributed by atoms with E-state index in [9.17, 15) is 4.79 Å². The van der Waals surface area contributed by atoms with Gasteiger partial charge in [0.25, 0.3) is 0 Å². The van der Waals surface area contributed by atoms with Gasteiger partial charge in [-0.05, 0) is 37.8 Å². The van der Waals surface area contributed by atoms with E-state index in [1.807, 2.05) is 24.3 Å². The number of nitrogen functional groups attached to an aromatic ring is 1. The van der Waals surface area contributed by atoms with Gasteiger partial charge in [-0.1, -0.05) is 12.1 Å². The first-order chi connectivity index (χ1) is 26.6. The largest absolute Gasteiger partial charge is 0.495 e. The Morgan fingerprint density at radius 3 is 1.98 bits per heavy atom. The smallest absolute Gasteiger partial charge is 0.223 e. The molecule has 1 fully saturated rings. The van der Waals surface area contributed by atoms with Crippen molar-refractivity contribution in [2.75, 3.05) is 118 Å². The SMILES string of the molecule is COc1cccc2cc(-c3nc(C4CCC(C(=O)NCCOCCOCCOCCOCCOCCOCCOCCN)CC4)n4ncnc(N)c34)[nH]c12. The van der Waals surface area contributed by atoms with Crippen LogP contribution in [-0.2, 0) is 38.0 Å². The minimum absolute atomic E-state index is 0.0556. The highest BCUT2D eigenvalue weighted by molar-refractivity contribution is 5.93. The summed E-state index contributed by atoms with van der Waals surface area (Å²) < 4.78 is 45.6. The van der Waals surface area contributed by atoms with E-state index in [1.165, 1.54) is 6.33 Å². The van der Waals surface area contributed by atoms with E-state index in [2.05, 4.69) is 20.4 Å². The van der Waals surface area contributed by atoms with Crippen LogP contribution in [0.25, 0.3) is 27.8 Å². The monoisotopic (exact) mass is 756 g/mol. The maximum Gasteiger partial charge on any atom is 0.223 e. The summed E-state index contributed by atoms with van der Waals surface area (Å²) in [6.45, 7) is 7.87. The molecule has 0 unspecified atom stereocenters. The van der Waals surface area contributed by atoms with E-state index in [4.69, 9.17) is 54.3 Å². The molecular formula is C37H56N8O9. The van der Waals surface area contributed by atoms with Crippen molar-refractivity contribution < 1.29 is 42.7 Å². The van der Waals surface area contributed by atoms with Crippen molar-refractivity contribution in [3.05, 3.63) is 36.4 Å². The standard InChI is InChI=1S/C37H56N8O9/c1-47-31-4-2-3-29-25-30(43-32(29)31)33-34-35(39)41-26-42-45(34)36(44-33)27-5-7-28(8-6-27)37(46)40-10-12-49-14-16-51-18-20-53-22-24-54-23-21-52-19-17-50-15-13-48-11-9-38/h2-4,25-28,43H,5-24,38H2,1H3,(H,40,46)(H2,39,41,42). The molecule has 6 N–H and O–H groups in total. The van der Waals surface area contributed by atoms with E-state index < -0.39 is 0 Å². The van der Waals surface area contributed by atoms with Gasteiger partial charge in [-0.2, -0.15) is 5.10 Å². The van der Waals surface area contributed by atoms with Crippen molar-refractivity contribution in [3.63, 3.8) is 0 Å². The van der Waals surface area contributed by atoms with E-state index in [1.54, 1.807) is 11.6 Å². The van der Waals surface area contributed by atoms with Crippen molar-refractivity contribution in [1.82, 2.24) is 29.9 Å². The number of amides is 1. The predicted molar refractivity (Wildman–Crippen MR) is 202 cm³/mol. The number of benzene rings is 1. The van der Waals surface area contributed by atoms with Crippen molar-refractivity contribution >= 4 is 28.1 Å². The second-order valence-corrected chi connectivity index (χ2v) is 12.7. The number of hydrogen-bond donors (Lipinski definition) is 4. The molecule has 1 amide bonds. The van der Waals surface area contributed by atoms with Crippen molar-refractivity contribution in [1.29, 1.82) is 0 Å². The molecule has 0 saturated heterocycles. The third-order valence-electron chi connectivity index (χ3n) is 9.08. The Morgan fingerprint density at radius 1 is 0.833 bits per heavy atom. The Hall–Kier alpha value is -3.94. The molecule has 54 heavy (non-hydrogen) atoms. The first-order valence-electron chi connectivity index (χ1n) is 18.8. The van der Waals surface area contributed by atoms with Crippen LogP contribution in [0.1, 0.15) is 37.4 Å². The number of anilines is 1. The molecule has 298 valence electrons. The lowest BCUT2D eigenvalue weighted by molar-refractivity contribution is -0.126. The summed E-state index contributed by atoms with van der Waals surface area (Å²) in [5.74, 6) is 2.06. The Bertz CT molecular complexity index is 1680. The number of ether oxygens (including phenoxy) is 8. The number of methoxy groups -OCH3 is 1. The van der Waals surface area contributed by atoms with Crippen LogP contribution in [0.3, 0.4) is 0 Å². The topological polar surface area (TPSA) is 214 Å². The molecule has 5 rings (SSSR count). The van der Waals surface area contributed by atoms with E-state index in [-0.39, 0.29) is 17.7 Å². The number of carbonyl (C=O) groups excluding carboxylic acids is 1. The number of aromatic nitrogens is 5. The number of hydrogen-bond acceptors (Lipinski definition) is 14. The second-order valence-electron chi connectivity index (χ2n) is 12.7. The number of aromatic amines is 1. The molecule has 17 nitrogen and oxygen atoms in total. The Kier molecular flexibility index (Phi) is 17.6. The lowest BCUT2D eigenvalue weighted by atomic mass is 9.81. The maximum absolute atomic E-state index is 12.9. The minimum Gasteiger partial charge on any atom is -0.495 e. The number of nitrogens with zero attached hydrogens (tertiary/aromatic N) is 4. The molecular weight excluding hydrogens is 700 g/mol. The van der Waals surface area contributed by atoms with Crippen LogP contribution in [0.5, 0.6) is 5.75 Å². The van der Waals surface area contributed by atoms with Crippen LogP contribution in [0, 0.1) is 5.92 Å². The zero-order valence-electron chi connectivity index (χ0n) is 31.3. The number of rotatable bonds is 27. The molecule has 1 saturated carbocycles. The zero-order valence-corrected chi connectivity index (χ0v) is 31.3. The predicted octanol–water partition coefficient (Wildman–Crippen LogP) is 2.33. The molecule has 0 bridgehead atoms. The van der Waals surface area contributed by atoms with E-state index in [0.29, 0.717) is 123 Å². The lowest BCUT2D eigenvalue weighted by Gasteiger charge is -2.26. The first-order valence-corrected chi connectivity index (χ1v) is 18.8. The zero-order chi connectivity index (χ0) is 37.8. The number of para-hydroxylation sites is 1. The quantitative estimate of drug-likeness (QED) is 0.0644. The number of nitrogens with two attached hydrogens (primary N) is 2. The normalized spacial score (nSPS) is 16.0. The fourth-order valence-corrected chi connectivity index (χ4v) is 6.36. The molecule has 3 aromatic heterocycles. The average Bonchev–Trinajstić information content (AvgIpc) is 3.81. The highest BCUT2D eigenvalue weighted by Crippen LogP contribution is 2.39. The molecule has 1 aliphatic carbocycles. The van der Waals surface area contributed by atoms with Gasteiger partial charge in [-0.15, -0.1) is 0 Å². The Balaban J connectivity index is 0.887. The molecule has 17 heteroatoms.